The molecule has 1 nitrogen and oxygen atoms in total. The maximum Gasteiger partial charge on any atom is 0.123 e. The minimum Gasteiger partial charge on any atom is -0.395 e. The van der Waals surface area contributed by atoms with Gasteiger partial charge in [0, 0.05) is 10.1 Å². The van der Waals surface area contributed by atoms with E-state index in [4.69, 9.17) is 5.11 Å². The Labute approximate surface area is 88.3 Å². The lowest BCUT2D eigenvalue weighted by molar-refractivity contribution is 0.275. The van der Waals surface area contributed by atoms with Gasteiger partial charge in [0.15, 0.2) is 0 Å². The number of rotatable bonds is 4. The Morgan fingerprint density at radius 2 is 1.86 bits per heavy atom. The predicted octanol–water partition coefficient (Wildman–Crippen LogP) is 2.93. The van der Waals surface area contributed by atoms with E-state index in [0.29, 0.717) is 5.92 Å². The van der Waals surface area contributed by atoms with Crippen molar-refractivity contribution in [3.8, 4) is 0 Å². The van der Waals surface area contributed by atoms with Crippen LogP contribution in [0.15, 0.2) is 29.2 Å². The van der Waals surface area contributed by atoms with Gasteiger partial charge in [-0.3, -0.25) is 0 Å². The first-order chi connectivity index (χ1) is 6.63. The van der Waals surface area contributed by atoms with Crippen molar-refractivity contribution in [2.75, 3.05) is 6.61 Å². The molecule has 3 heteroatoms. The second-order valence-electron chi connectivity index (χ2n) is 3.54. The van der Waals surface area contributed by atoms with E-state index < -0.39 is 0 Å². The predicted molar refractivity (Wildman–Crippen MR) is 58.0 cm³/mol. The summed E-state index contributed by atoms with van der Waals surface area (Å²) in [5.41, 5.74) is 0. The average molecular weight is 214 g/mol. The van der Waals surface area contributed by atoms with Crippen molar-refractivity contribution >= 4 is 11.8 Å². The Bertz CT molecular complexity index is 271. The van der Waals surface area contributed by atoms with Gasteiger partial charge in [-0.15, -0.1) is 11.8 Å². The Morgan fingerprint density at radius 3 is 2.29 bits per heavy atom. The number of hydrogen-bond acceptors (Lipinski definition) is 2. The molecule has 78 valence electrons. The molecule has 0 amide bonds. The molecule has 0 aromatic heterocycles. The van der Waals surface area contributed by atoms with Crippen LogP contribution in [0, 0.1) is 11.7 Å². The van der Waals surface area contributed by atoms with Crippen molar-refractivity contribution in [3.63, 3.8) is 0 Å². The molecule has 0 saturated carbocycles. The summed E-state index contributed by atoms with van der Waals surface area (Å²) in [5, 5.41) is 9.30. The summed E-state index contributed by atoms with van der Waals surface area (Å²) in [6.45, 7) is 4.29. The van der Waals surface area contributed by atoms with Gasteiger partial charge in [0.2, 0.25) is 0 Å². The van der Waals surface area contributed by atoms with Crippen LogP contribution in [0.2, 0.25) is 0 Å². The lowest BCUT2D eigenvalue weighted by atomic mass is 10.1. The molecule has 0 aliphatic carbocycles. The minimum absolute atomic E-state index is 0.152. The lowest BCUT2D eigenvalue weighted by Gasteiger charge is -2.17. The van der Waals surface area contributed by atoms with Crippen LogP contribution < -0.4 is 0 Å². The molecule has 0 radical (unpaired) electrons. The number of aliphatic hydroxyl groups is 1. The van der Waals surface area contributed by atoms with Gasteiger partial charge < -0.3 is 5.11 Å². The van der Waals surface area contributed by atoms with Crippen LogP contribution in [-0.2, 0) is 0 Å². The topological polar surface area (TPSA) is 20.2 Å². The molecule has 0 aliphatic heterocycles. The summed E-state index contributed by atoms with van der Waals surface area (Å²) in [4.78, 5) is 0.999. The van der Waals surface area contributed by atoms with E-state index in [1.54, 1.807) is 23.9 Å². The number of aliphatic hydroxyl groups excluding tert-OH is 1. The van der Waals surface area contributed by atoms with Gasteiger partial charge in [-0.1, -0.05) is 13.8 Å². The van der Waals surface area contributed by atoms with Crippen LogP contribution >= 0.6 is 11.8 Å². The number of benzene rings is 1. The summed E-state index contributed by atoms with van der Waals surface area (Å²) in [6, 6.07) is 6.37. The van der Waals surface area contributed by atoms with E-state index in [-0.39, 0.29) is 17.7 Å². The van der Waals surface area contributed by atoms with Crippen LogP contribution in [0.5, 0.6) is 0 Å². The molecule has 0 aliphatic rings. The third-order valence-electron chi connectivity index (χ3n) is 2.02. The highest BCUT2D eigenvalue weighted by atomic mass is 32.2. The molecule has 0 fully saturated rings. The highest BCUT2D eigenvalue weighted by molar-refractivity contribution is 8.00. The van der Waals surface area contributed by atoms with Crippen LogP contribution in [0.4, 0.5) is 4.39 Å². The highest BCUT2D eigenvalue weighted by Crippen LogP contribution is 2.27. The first kappa shape index (κ1) is 11.5. The molecule has 0 spiro atoms. The summed E-state index contributed by atoms with van der Waals surface area (Å²) in [6.07, 6.45) is 0. The van der Waals surface area contributed by atoms with Gasteiger partial charge in [-0.05, 0) is 30.2 Å². The molecule has 1 N–H and O–H groups in total. The van der Waals surface area contributed by atoms with Crippen LogP contribution in [0.1, 0.15) is 13.8 Å². The van der Waals surface area contributed by atoms with Gasteiger partial charge >= 0.3 is 0 Å². The van der Waals surface area contributed by atoms with Crippen LogP contribution in [0.25, 0.3) is 0 Å². The fourth-order valence-electron chi connectivity index (χ4n) is 1.07. The Balaban J connectivity index is 2.63. The molecule has 1 aromatic carbocycles. The van der Waals surface area contributed by atoms with Crippen molar-refractivity contribution in [2.45, 2.75) is 24.0 Å². The van der Waals surface area contributed by atoms with Gasteiger partial charge in [0.25, 0.3) is 0 Å². The number of hydrogen-bond donors (Lipinski definition) is 1. The Kier molecular flexibility index (Phi) is 4.42. The zero-order valence-electron chi connectivity index (χ0n) is 8.40. The van der Waals surface area contributed by atoms with Gasteiger partial charge in [-0.25, -0.2) is 4.39 Å². The Hall–Kier alpha value is -0.540. The molecule has 1 unspecified atom stereocenters. The molecule has 14 heavy (non-hydrogen) atoms. The maximum absolute atomic E-state index is 12.6. The molecule has 1 rings (SSSR count). The van der Waals surface area contributed by atoms with E-state index in [2.05, 4.69) is 13.8 Å². The molecule has 0 heterocycles. The van der Waals surface area contributed by atoms with Crippen LogP contribution in [0.3, 0.4) is 0 Å². The third-order valence-corrected chi connectivity index (χ3v) is 3.57. The van der Waals surface area contributed by atoms with Crippen molar-refractivity contribution in [3.05, 3.63) is 30.1 Å². The first-order valence-electron chi connectivity index (χ1n) is 4.66. The zero-order valence-corrected chi connectivity index (χ0v) is 9.22. The monoisotopic (exact) mass is 214 g/mol. The summed E-state index contributed by atoms with van der Waals surface area (Å²) in [5.74, 6) is 0.189. The fourth-order valence-corrected chi connectivity index (χ4v) is 2.06. The molecule has 1 atom stereocenters. The van der Waals surface area contributed by atoms with E-state index in [1.165, 1.54) is 12.1 Å². The van der Waals surface area contributed by atoms with Crippen molar-refractivity contribution in [1.29, 1.82) is 0 Å². The standard InChI is InChI=1S/C11H15FOS/c1-8(2)11(7-13)14-10-5-3-9(12)4-6-10/h3-6,8,11,13H,7H2,1-2H3. The molecular formula is C11H15FOS. The maximum atomic E-state index is 12.6. The normalized spacial score (nSPS) is 13.2. The smallest absolute Gasteiger partial charge is 0.123 e. The third kappa shape index (κ3) is 3.31. The van der Waals surface area contributed by atoms with Crippen molar-refractivity contribution in [1.82, 2.24) is 0 Å². The quantitative estimate of drug-likeness (QED) is 0.778. The van der Waals surface area contributed by atoms with Gasteiger partial charge in [0.1, 0.15) is 5.82 Å². The molecule has 0 bridgehead atoms. The van der Waals surface area contributed by atoms with Crippen molar-refractivity contribution in [2.24, 2.45) is 5.92 Å². The summed E-state index contributed by atoms with van der Waals surface area (Å²) < 4.78 is 12.6. The lowest BCUT2D eigenvalue weighted by Crippen LogP contribution is -2.15. The van der Waals surface area contributed by atoms with Gasteiger partial charge in [0.05, 0.1) is 6.61 Å². The molecule has 0 saturated heterocycles. The second-order valence-corrected chi connectivity index (χ2v) is 4.85. The minimum atomic E-state index is -0.223. The van der Waals surface area contributed by atoms with E-state index in [9.17, 15) is 4.39 Å². The SMILES string of the molecule is CC(C)C(CO)Sc1ccc(F)cc1. The summed E-state index contributed by atoms with van der Waals surface area (Å²) in [7, 11) is 0. The fraction of sp³-hybridized carbons (Fsp3) is 0.455. The number of halogens is 1. The van der Waals surface area contributed by atoms with Crippen LogP contribution in [-0.4, -0.2) is 17.0 Å². The van der Waals surface area contributed by atoms with E-state index >= 15 is 0 Å². The second kappa shape index (κ2) is 5.37. The summed E-state index contributed by atoms with van der Waals surface area (Å²) >= 11 is 1.59. The number of thioether (sulfide) groups is 1. The van der Waals surface area contributed by atoms with E-state index in [0.717, 1.165) is 4.90 Å². The zero-order chi connectivity index (χ0) is 10.6. The average Bonchev–Trinajstić information content (AvgIpc) is 2.16. The van der Waals surface area contributed by atoms with Crippen molar-refractivity contribution < 1.29 is 9.50 Å². The Morgan fingerprint density at radius 1 is 1.29 bits per heavy atom. The largest absolute Gasteiger partial charge is 0.395 e. The van der Waals surface area contributed by atoms with Gasteiger partial charge in [-0.2, -0.15) is 0 Å². The molecular weight excluding hydrogens is 199 g/mol. The highest BCUT2D eigenvalue weighted by Gasteiger charge is 2.13. The first-order valence-corrected chi connectivity index (χ1v) is 5.54. The molecule has 1 aromatic rings. The van der Waals surface area contributed by atoms with E-state index in [1.807, 2.05) is 0 Å².